The third-order valence-electron chi connectivity index (χ3n) is 6.07. The number of rotatable bonds is 5. The highest BCUT2D eigenvalue weighted by Crippen LogP contribution is 2.40. The van der Waals surface area contributed by atoms with Crippen LogP contribution in [0.2, 0.25) is 0 Å². The zero-order chi connectivity index (χ0) is 24.5. The van der Waals surface area contributed by atoms with Gasteiger partial charge in [0.05, 0.1) is 29.0 Å². The number of carbonyl (C=O) groups is 1. The van der Waals surface area contributed by atoms with Crippen molar-refractivity contribution in [2.24, 2.45) is 4.99 Å². The Morgan fingerprint density at radius 3 is 2.66 bits per heavy atom. The lowest BCUT2D eigenvalue weighted by Crippen LogP contribution is -2.20. The molecule has 1 N–H and O–H groups in total. The van der Waals surface area contributed by atoms with Crippen molar-refractivity contribution in [2.45, 2.75) is 26.2 Å². The first-order valence-corrected chi connectivity index (χ1v) is 12.1. The third kappa shape index (κ3) is 3.90. The van der Waals surface area contributed by atoms with Crippen LogP contribution in [0.3, 0.4) is 0 Å². The first kappa shape index (κ1) is 22.6. The predicted octanol–water partition coefficient (Wildman–Crippen LogP) is 5.05. The Balaban J connectivity index is 1.65. The van der Waals surface area contributed by atoms with Crippen molar-refractivity contribution in [1.82, 2.24) is 4.57 Å². The van der Waals surface area contributed by atoms with Gasteiger partial charge in [0, 0.05) is 21.9 Å². The van der Waals surface area contributed by atoms with Crippen LogP contribution in [0.5, 0.6) is 5.88 Å². The van der Waals surface area contributed by atoms with Crippen LogP contribution in [-0.4, -0.2) is 28.5 Å². The van der Waals surface area contributed by atoms with Gasteiger partial charge in [-0.1, -0.05) is 18.2 Å². The molecule has 2 heterocycles. The molecule has 0 saturated carbocycles. The minimum atomic E-state index is -0.460. The summed E-state index contributed by atoms with van der Waals surface area (Å²) in [5.74, 6) is -0.734. The summed E-state index contributed by atoms with van der Waals surface area (Å²) in [4.78, 5) is 31.1. The summed E-state index contributed by atoms with van der Waals surface area (Å²) in [5, 5.41) is 22.5. The van der Waals surface area contributed by atoms with E-state index in [1.807, 2.05) is 0 Å². The number of nitriles is 1. The SMILES string of the molecule is CCOC(=O)c1ccc(-n2c(O)c(/C=N/c3sc4c(c3C#N)CCC4)c3ccccc3c2=O)cc1. The Morgan fingerprint density at radius 1 is 1.20 bits per heavy atom. The Labute approximate surface area is 205 Å². The van der Waals surface area contributed by atoms with Crippen LogP contribution in [0.4, 0.5) is 5.00 Å². The lowest BCUT2D eigenvalue weighted by Gasteiger charge is -2.14. The molecule has 1 aliphatic rings. The molecular formula is C27H21N3O4S. The van der Waals surface area contributed by atoms with Crippen LogP contribution in [-0.2, 0) is 17.6 Å². The van der Waals surface area contributed by atoms with E-state index in [4.69, 9.17) is 4.74 Å². The van der Waals surface area contributed by atoms with E-state index in [9.17, 15) is 20.0 Å². The molecule has 0 spiro atoms. The van der Waals surface area contributed by atoms with Gasteiger partial charge in [-0.05, 0) is 62.1 Å². The smallest absolute Gasteiger partial charge is 0.338 e. The summed E-state index contributed by atoms with van der Waals surface area (Å²) in [6, 6.07) is 15.5. The van der Waals surface area contributed by atoms with Crippen LogP contribution in [0, 0.1) is 11.3 Å². The molecule has 2 aromatic heterocycles. The quantitative estimate of drug-likeness (QED) is 0.316. The summed E-state index contributed by atoms with van der Waals surface area (Å²) in [7, 11) is 0. The van der Waals surface area contributed by atoms with Gasteiger partial charge in [0.2, 0.25) is 5.88 Å². The predicted molar refractivity (Wildman–Crippen MR) is 135 cm³/mol. The van der Waals surface area contributed by atoms with E-state index in [1.54, 1.807) is 55.5 Å². The number of aryl methyl sites for hydroxylation is 1. The monoisotopic (exact) mass is 483 g/mol. The maximum absolute atomic E-state index is 13.3. The van der Waals surface area contributed by atoms with E-state index in [0.717, 1.165) is 24.8 Å². The average molecular weight is 484 g/mol. The van der Waals surface area contributed by atoms with Crippen LogP contribution in [0.25, 0.3) is 16.5 Å². The molecule has 0 radical (unpaired) electrons. The van der Waals surface area contributed by atoms with Crippen molar-refractivity contribution >= 4 is 39.3 Å². The number of hydrogen-bond donors (Lipinski definition) is 1. The molecule has 0 atom stereocenters. The number of aliphatic imine (C=N–C) groups is 1. The van der Waals surface area contributed by atoms with Gasteiger partial charge < -0.3 is 9.84 Å². The summed E-state index contributed by atoms with van der Waals surface area (Å²) in [6.45, 7) is 1.99. The first-order chi connectivity index (χ1) is 17.0. The number of nitrogens with zero attached hydrogens (tertiary/aromatic N) is 3. The molecular weight excluding hydrogens is 462 g/mol. The zero-order valence-electron chi connectivity index (χ0n) is 18.9. The summed E-state index contributed by atoms with van der Waals surface area (Å²) < 4.78 is 6.21. The molecule has 5 rings (SSSR count). The van der Waals surface area contributed by atoms with E-state index >= 15 is 0 Å². The fourth-order valence-corrected chi connectivity index (χ4v) is 5.59. The first-order valence-electron chi connectivity index (χ1n) is 11.3. The standard InChI is InChI=1S/C27H21N3O4S/c1-2-34-27(33)16-10-12-17(13-11-16)30-25(31)20-7-4-3-6-18(20)22(26(30)32)15-29-24-21(14-28)19-8-5-9-23(19)35-24/h3-4,6-7,10-13,15,32H,2,5,8-9H2,1H3/b29-15+. The fourth-order valence-electron chi connectivity index (χ4n) is 4.41. The number of fused-ring (bicyclic) bond motifs is 2. The average Bonchev–Trinajstić information content (AvgIpc) is 3.45. The molecule has 0 saturated heterocycles. The second-order valence-corrected chi connectivity index (χ2v) is 9.18. The Bertz CT molecular complexity index is 1590. The topological polar surface area (TPSA) is 105 Å². The van der Waals surface area contributed by atoms with Gasteiger partial charge in [-0.15, -0.1) is 11.3 Å². The fraction of sp³-hybridized carbons (Fsp3) is 0.185. The molecule has 0 aliphatic heterocycles. The minimum absolute atomic E-state index is 0.259. The van der Waals surface area contributed by atoms with Gasteiger partial charge in [0.1, 0.15) is 11.1 Å². The van der Waals surface area contributed by atoms with Crippen molar-refractivity contribution in [1.29, 1.82) is 5.26 Å². The van der Waals surface area contributed by atoms with E-state index in [1.165, 1.54) is 27.0 Å². The van der Waals surface area contributed by atoms with Gasteiger partial charge in [-0.25, -0.2) is 14.4 Å². The molecule has 7 nitrogen and oxygen atoms in total. The zero-order valence-corrected chi connectivity index (χ0v) is 19.8. The van der Waals surface area contributed by atoms with Gasteiger partial charge in [-0.3, -0.25) is 4.79 Å². The molecule has 2 aromatic carbocycles. The van der Waals surface area contributed by atoms with Crippen molar-refractivity contribution in [3.05, 3.63) is 86.0 Å². The van der Waals surface area contributed by atoms with Gasteiger partial charge >= 0.3 is 5.97 Å². The molecule has 4 aromatic rings. The molecule has 0 amide bonds. The number of thiophene rings is 1. The van der Waals surface area contributed by atoms with Crippen LogP contribution in [0.15, 0.2) is 58.3 Å². The van der Waals surface area contributed by atoms with E-state index < -0.39 is 11.5 Å². The summed E-state index contributed by atoms with van der Waals surface area (Å²) >= 11 is 1.50. The van der Waals surface area contributed by atoms with E-state index in [-0.39, 0.29) is 12.5 Å². The lowest BCUT2D eigenvalue weighted by atomic mass is 10.1. The van der Waals surface area contributed by atoms with Crippen molar-refractivity contribution in [3.8, 4) is 17.6 Å². The normalized spacial score (nSPS) is 12.7. The maximum atomic E-state index is 13.3. The second kappa shape index (κ2) is 9.20. The second-order valence-electron chi connectivity index (χ2n) is 8.10. The minimum Gasteiger partial charge on any atom is -0.494 e. The van der Waals surface area contributed by atoms with Crippen molar-refractivity contribution < 1.29 is 14.6 Å². The molecule has 0 unspecified atom stereocenters. The molecule has 35 heavy (non-hydrogen) atoms. The third-order valence-corrected chi connectivity index (χ3v) is 7.27. The van der Waals surface area contributed by atoms with Crippen LogP contribution >= 0.6 is 11.3 Å². The summed E-state index contributed by atoms with van der Waals surface area (Å²) in [6.07, 6.45) is 4.39. The van der Waals surface area contributed by atoms with E-state index in [0.29, 0.717) is 38.2 Å². The van der Waals surface area contributed by atoms with Gasteiger partial charge in [-0.2, -0.15) is 5.26 Å². The highest BCUT2D eigenvalue weighted by molar-refractivity contribution is 7.16. The molecule has 8 heteroatoms. The number of aromatic hydroxyl groups is 1. The van der Waals surface area contributed by atoms with Crippen LogP contribution in [0.1, 0.15) is 45.3 Å². The van der Waals surface area contributed by atoms with Crippen molar-refractivity contribution in [3.63, 3.8) is 0 Å². The van der Waals surface area contributed by atoms with Crippen LogP contribution < -0.4 is 5.56 Å². The van der Waals surface area contributed by atoms with Gasteiger partial charge in [0.25, 0.3) is 5.56 Å². The number of esters is 1. The number of benzene rings is 2. The molecule has 1 aliphatic carbocycles. The number of hydrogen-bond acceptors (Lipinski definition) is 7. The highest BCUT2D eigenvalue weighted by Gasteiger charge is 2.22. The van der Waals surface area contributed by atoms with Gasteiger partial charge in [0.15, 0.2) is 0 Å². The Hall–Kier alpha value is -4.22. The molecule has 174 valence electrons. The maximum Gasteiger partial charge on any atom is 0.338 e. The Kier molecular flexibility index (Phi) is 5.93. The number of pyridine rings is 1. The number of ether oxygens (including phenoxy) is 1. The molecule has 0 bridgehead atoms. The lowest BCUT2D eigenvalue weighted by molar-refractivity contribution is 0.0526. The Morgan fingerprint density at radius 2 is 1.94 bits per heavy atom. The highest BCUT2D eigenvalue weighted by atomic mass is 32.1. The summed E-state index contributed by atoms with van der Waals surface area (Å²) in [5.41, 5.74) is 2.38. The number of aromatic nitrogens is 1. The number of carbonyl (C=O) groups excluding carboxylic acids is 1. The largest absolute Gasteiger partial charge is 0.494 e. The van der Waals surface area contributed by atoms with E-state index in [2.05, 4.69) is 11.1 Å². The molecule has 0 fully saturated rings. The van der Waals surface area contributed by atoms with Crippen molar-refractivity contribution in [2.75, 3.05) is 6.61 Å².